The van der Waals surface area contributed by atoms with Gasteiger partial charge in [-0.2, -0.15) is 5.10 Å². The topological polar surface area (TPSA) is 50.1 Å². The molecule has 1 heterocycles. The number of aliphatic hydroxyl groups is 1. The number of hydrogen-bond acceptors (Lipinski definition) is 3. The van der Waals surface area contributed by atoms with Gasteiger partial charge in [0.2, 0.25) is 0 Å². The molecule has 2 unspecified atom stereocenters. The maximum Gasteiger partial charge on any atom is 0.0766 e. The maximum atomic E-state index is 10.3. The molecule has 0 spiro atoms. The van der Waals surface area contributed by atoms with Crippen molar-refractivity contribution in [1.82, 2.24) is 15.1 Å². The van der Waals surface area contributed by atoms with E-state index in [1.165, 1.54) is 11.3 Å². The summed E-state index contributed by atoms with van der Waals surface area (Å²) < 4.78 is 1.93. The molecular weight excluding hydrogens is 238 g/mol. The number of nitrogens with zero attached hydrogens (tertiary/aromatic N) is 2. The lowest BCUT2D eigenvalue weighted by atomic mass is 9.91. The highest BCUT2D eigenvalue weighted by Crippen LogP contribution is 2.25. The summed E-state index contributed by atoms with van der Waals surface area (Å²) in [6, 6.07) is 0.249. The summed E-state index contributed by atoms with van der Waals surface area (Å²) in [5.41, 5.74) is 2.85. The summed E-state index contributed by atoms with van der Waals surface area (Å²) in [6.07, 6.45) is 0.988. The first kappa shape index (κ1) is 16.2. The molecule has 2 atom stereocenters. The Kier molecular flexibility index (Phi) is 5.16. The van der Waals surface area contributed by atoms with Gasteiger partial charge in [-0.1, -0.05) is 20.8 Å². The molecule has 1 rings (SSSR count). The van der Waals surface area contributed by atoms with Crippen LogP contribution < -0.4 is 5.32 Å². The van der Waals surface area contributed by atoms with Crippen LogP contribution in [0.15, 0.2) is 0 Å². The van der Waals surface area contributed by atoms with Crippen molar-refractivity contribution in [2.24, 2.45) is 13.0 Å². The fourth-order valence-electron chi connectivity index (χ4n) is 2.28. The molecule has 0 bridgehead atoms. The number of nitrogens with one attached hydrogen (secondary N) is 1. The predicted molar refractivity (Wildman–Crippen MR) is 79.2 cm³/mol. The summed E-state index contributed by atoms with van der Waals surface area (Å²) in [4.78, 5) is 0. The van der Waals surface area contributed by atoms with Crippen LogP contribution in [-0.2, 0) is 7.05 Å². The Labute approximate surface area is 117 Å². The fraction of sp³-hybridized carbons (Fsp3) is 0.800. The minimum Gasteiger partial charge on any atom is -0.389 e. The van der Waals surface area contributed by atoms with Crippen LogP contribution in [0, 0.1) is 19.8 Å². The zero-order valence-electron chi connectivity index (χ0n) is 13.4. The van der Waals surface area contributed by atoms with Crippen LogP contribution in [0.5, 0.6) is 0 Å². The molecule has 1 aromatic rings. The zero-order valence-corrected chi connectivity index (χ0v) is 13.4. The summed E-state index contributed by atoms with van der Waals surface area (Å²) in [7, 11) is 1.98. The number of aryl methyl sites for hydroxylation is 2. The highest BCUT2D eigenvalue weighted by molar-refractivity contribution is 5.28. The van der Waals surface area contributed by atoms with Crippen molar-refractivity contribution < 1.29 is 5.11 Å². The second-order valence-electron chi connectivity index (χ2n) is 6.06. The van der Waals surface area contributed by atoms with Gasteiger partial charge in [0.05, 0.1) is 11.3 Å². The van der Waals surface area contributed by atoms with Gasteiger partial charge in [-0.25, -0.2) is 0 Å². The second kappa shape index (κ2) is 6.06. The molecule has 0 aliphatic heterocycles. The van der Waals surface area contributed by atoms with Crippen LogP contribution in [0.1, 0.15) is 57.1 Å². The van der Waals surface area contributed by atoms with Crippen LogP contribution in [-0.4, -0.2) is 27.0 Å². The van der Waals surface area contributed by atoms with E-state index < -0.39 is 5.60 Å². The minimum atomic E-state index is -0.683. The van der Waals surface area contributed by atoms with Crippen molar-refractivity contribution >= 4 is 0 Å². The van der Waals surface area contributed by atoms with Crippen LogP contribution >= 0.6 is 0 Å². The van der Waals surface area contributed by atoms with Gasteiger partial charge in [0.25, 0.3) is 0 Å². The van der Waals surface area contributed by atoms with Crippen molar-refractivity contribution in [2.45, 2.75) is 59.6 Å². The molecule has 0 saturated carbocycles. The summed E-state index contributed by atoms with van der Waals surface area (Å²) >= 11 is 0. The van der Waals surface area contributed by atoms with E-state index in [1.807, 2.05) is 39.4 Å². The van der Waals surface area contributed by atoms with Crippen LogP contribution in [0.2, 0.25) is 0 Å². The second-order valence-corrected chi connectivity index (χ2v) is 6.06. The molecule has 2 N–H and O–H groups in total. The lowest BCUT2D eigenvalue weighted by Gasteiger charge is -2.30. The Bertz CT molecular complexity index is 421. The van der Waals surface area contributed by atoms with E-state index in [0.717, 1.165) is 12.1 Å². The van der Waals surface area contributed by atoms with Crippen LogP contribution in [0.4, 0.5) is 0 Å². The van der Waals surface area contributed by atoms with Crippen LogP contribution in [0.25, 0.3) is 0 Å². The third-order valence-corrected chi connectivity index (χ3v) is 4.27. The Morgan fingerprint density at radius 1 is 1.37 bits per heavy atom. The Balaban J connectivity index is 2.85. The summed E-state index contributed by atoms with van der Waals surface area (Å²) in [5.74, 6) is 0.230. The predicted octanol–water partition coefficient (Wildman–Crippen LogP) is 2.48. The van der Waals surface area contributed by atoms with E-state index in [0.29, 0.717) is 6.54 Å². The highest BCUT2D eigenvalue weighted by atomic mass is 16.3. The highest BCUT2D eigenvalue weighted by Gasteiger charge is 2.27. The monoisotopic (exact) mass is 267 g/mol. The van der Waals surface area contributed by atoms with E-state index in [2.05, 4.69) is 24.3 Å². The molecule has 0 aromatic carbocycles. The van der Waals surface area contributed by atoms with Gasteiger partial charge >= 0.3 is 0 Å². The largest absolute Gasteiger partial charge is 0.389 e. The van der Waals surface area contributed by atoms with Crippen molar-refractivity contribution in [3.8, 4) is 0 Å². The third kappa shape index (κ3) is 3.57. The molecular formula is C15H29N3O. The molecule has 4 nitrogen and oxygen atoms in total. The van der Waals surface area contributed by atoms with Gasteiger partial charge < -0.3 is 10.4 Å². The lowest BCUT2D eigenvalue weighted by molar-refractivity contribution is 0.0116. The van der Waals surface area contributed by atoms with Crippen molar-refractivity contribution in [2.75, 3.05) is 6.54 Å². The van der Waals surface area contributed by atoms with Gasteiger partial charge in [-0.05, 0) is 33.1 Å². The lowest BCUT2D eigenvalue weighted by Crippen LogP contribution is -2.43. The summed E-state index contributed by atoms with van der Waals surface area (Å²) in [6.45, 7) is 12.9. The number of hydrogen-bond donors (Lipinski definition) is 2. The molecule has 4 heteroatoms. The molecule has 0 amide bonds. The number of aromatic nitrogens is 2. The first-order chi connectivity index (χ1) is 8.70. The fourth-order valence-corrected chi connectivity index (χ4v) is 2.28. The minimum absolute atomic E-state index is 0.230. The van der Waals surface area contributed by atoms with Crippen LogP contribution in [0.3, 0.4) is 0 Å². The van der Waals surface area contributed by atoms with E-state index in [1.54, 1.807) is 0 Å². The normalized spacial score (nSPS) is 16.7. The molecule has 0 aliphatic rings. The average Bonchev–Trinajstić information content (AvgIpc) is 2.56. The van der Waals surface area contributed by atoms with E-state index in [9.17, 15) is 5.11 Å². The smallest absolute Gasteiger partial charge is 0.0766 e. The van der Waals surface area contributed by atoms with Crippen molar-refractivity contribution in [1.29, 1.82) is 0 Å². The van der Waals surface area contributed by atoms with Gasteiger partial charge in [0.15, 0.2) is 0 Å². The standard InChI is InChI=1S/C15H29N3O/c1-8-13(16-9-15(6,19)10(2)3)14-11(4)17-18(7)12(14)5/h10,13,16,19H,8-9H2,1-7H3. The molecule has 1 aromatic heterocycles. The summed E-state index contributed by atoms with van der Waals surface area (Å²) in [5, 5.41) is 18.3. The van der Waals surface area contributed by atoms with E-state index >= 15 is 0 Å². The molecule has 0 saturated heterocycles. The molecule has 19 heavy (non-hydrogen) atoms. The van der Waals surface area contributed by atoms with Gasteiger partial charge in [0, 0.05) is 30.9 Å². The quantitative estimate of drug-likeness (QED) is 0.832. The third-order valence-electron chi connectivity index (χ3n) is 4.27. The Hall–Kier alpha value is -0.870. The van der Waals surface area contributed by atoms with Crippen molar-refractivity contribution in [3.63, 3.8) is 0 Å². The van der Waals surface area contributed by atoms with Gasteiger partial charge in [-0.3, -0.25) is 4.68 Å². The molecule has 0 fully saturated rings. The molecule has 0 aliphatic carbocycles. The van der Waals surface area contributed by atoms with E-state index in [4.69, 9.17) is 0 Å². The molecule has 110 valence electrons. The Morgan fingerprint density at radius 2 is 1.95 bits per heavy atom. The first-order valence-corrected chi connectivity index (χ1v) is 7.16. The molecule has 0 radical (unpaired) electrons. The first-order valence-electron chi connectivity index (χ1n) is 7.16. The van der Waals surface area contributed by atoms with Gasteiger partial charge in [-0.15, -0.1) is 0 Å². The average molecular weight is 267 g/mol. The van der Waals surface area contributed by atoms with Crippen molar-refractivity contribution in [3.05, 3.63) is 17.0 Å². The Morgan fingerprint density at radius 3 is 2.32 bits per heavy atom. The zero-order chi connectivity index (χ0) is 14.8. The number of rotatable bonds is 6. The maximum absolute atomic E-state index is 10.3. The van der Waals surface area contributed by atoms with E-state index in [-0.39, 0.29) is 12.0 Å². The van der Waals surface area contributed by atoms with Gasteiger partial charge in [0.1, 0.15) is 0 Å². The SMILES string of the molecule is CCC(NCC(C)(O)C(C)C)c1c(C)nn(C)c1C.